The molecule has 0 aliphatic heterocycles. The van der Waals surface area contributed by atoms with E-state index >= 15 is 0 Å². The molecule has 0 atom stereocenters. The third-order valence-corrected chi connectivity index (χ3v) is 3.47. The fraction of sp³-hybridized carbons (Fsp3) is 0.278. The van der Waals surface area contributed by atoms with E-state index in [4.69, 9.17) is 0 Å². The molecule has 0 N–H and O–H groups in total. The van der Waals surface area contributed by atoms with Gasteiger partial charge in [0.05, 0.1) is 0 Å². The van der Waals surface area contributed by atoms with Gasteiger partial charge < -0.3 is 0 Å². The van der Waals surface area contributed by atoms with Crippen molar-refractivity contribution in [3.8, 4) is 0 Å². The fourth-order valence-electron chi connectivity index (χ4n) is 2.21. The molecular weight excluding hydrogens is 270 g/mol. The van der Waals surface area contributed by atoms with Crippen LogP contribution in [0.25, 0.3) is 0 Å². The molecule has 2 aromatic rings. The molecule has 2 aromatic carbocycles. The van der Waals surface area contributed by atoms with Crippen molar-refractivity contribution in [2.24, 2.45) is 0 Å². The Balaban J connectivity index is 2.03. The Bertz CT molecular complexity index is 630. The van der Waals surface area contributed by atoms with E-state index in [0.29, 0.717) is 5.92 Å². The molecule has 0 unspecified atom stereocenters. The minimum Gasteiger partial charge on any atom is -0.299 e. The molecule has 21 heavy (non-hydrogen) atoms. The molecule has 3 heteroatoms. The molecule has 0 radical (unpaired) electrons. The number of halogens is 2. The van der Waals surface area contributed by atoms with Crippen LogP contribution in [0.5, 0.6) is 0 Å². The predicted octanol–water partition coefficient (Wildman–Crippen LogP) is 4.44. The van der Waals surface area contributed by atoms with Gasteiger partial charge in [-0.2, -0.15) is 0 Å². The van der Waals surface area contributed by atoms with Crippen molar-refractivity contribution < 1.29 is 13.6 Å². The lowest BCUT2D eigenvalue weighted by Gasteiger charge is -2.07. The van der Waals surface area contributed by atoms with Gasteiger partial charge in [-0.1, -0.05) is 50.2 Å². The highest BCUT2D eigenvalue weighted by molar-refractivity contribution is 5.83. The molecule has 1 nitrogen and oxygen atoms in total. The van der Waals surface area contributed by atoms with Gasteiger partial charge in [0.2, 0.25) is 0 Å². The Kier molecular flexibility index (Phi) is 4.84. The van der Waals surface area contributed by atoms with Gasteiger partial charge in [-0.25, -0.2) is 8.78 Å². The van der Waals surface area contributed by atoms with E-state index in [0.717, 1.165) is 11.6 Å². The lowest BCUT2D eigenvalue weighted by molar-refractivity contribution is -0.117. The Labute approximate surface area is 123 Å². The van der Waals surface area contributed by atoms with Crippen LogP contribution in [-0.4, -0.2) is 5.78 Å². The van der Waals surface area contributed by atoms with Gasteiger partial charge in [0.15, 0.2) is 11.6 Å². The van der Waals surface area contributed by atoms with Gasteiger partial charge in [-0.15, -0.1) is 0 Å². The monoisotopic (exact) mass is 288 g/mol. The molecule has 0 bridgehead atoms. The zero-order valence-corrected chi connectivity index (χ0v) is 12.2. The van der Waals surface area contributed by atoms with E-state index in [1.807, 2.05) is 24.3 Å². The molecule has 0 amide bonds. The summed E-state index contributed by atoms with van der Waals surface area (Å²) < 4.78 is 26.6. The first kappa shape index (κ1) is 15.4. The van der Waals surface area contributed by atoms with Crippen molar-refractivity contribution >= 4 is 5.78 Å². The van der Waals surface area contributed by atoms with Crippen LogP contribution in [0.2, 0.25) is 0 Å². The number of carbonyl (C=O) groups excluding carboxylic acids is 1. The molecule has 2 rings (SSSR count). The SMILES string of the molecule is CC(C)c1ccc(CC(=O)Cc2cccc(F)c2F)cc1. The molecule has 0 fully saturated rings. The van der Waals surface area contributed by atoms with Crippen molar-refractivity contribution in [1.82, 2.24) is 0 Å². The van der Waals surface area contributed by atoms with Crippen LogP contribution in [0, 0.1) is 11.6 Å². The van der Waals surface area contributed by atoms with E-state index < -0.39 is 11.6 Å². The van der Waals surface area contributed by atoms with Gasteiger partial charge in [0.1, 0.15) is 5.78 Å². The van der Waals surface area contributed by atoms with Gasteiger partial charge in [-0.05, 0) is 28.7 Å². The molecule has 0 aliphatic rings. The maximum Gasteiger partial charge on any atom is 0.162 e. The summed E-state index contributed by atoms with van der Waals surface area (Å²) in [5, 5.41) is 0. The van der Waals surface area contributed by atoms with E-state index in [-0.39, 0.29) is 24.2 Å². The van der Waals surface area contributed by atoms with Crippen LogP contribution in [0.15, 0.2) is 42.5 Å². The lowest BCUT2D eigenvalue weighted by Crippen LogP contribution is -2.08. The smallest absolute Gasteiger partial charge is 0.162 e. The standard InChI is InChI=1S/C18H18F2O/c1-12(2)14-8-6-13(7-9-14)10-16(21)11-15-4-3-5-17(19)18(15)20/h3-9,12H,10-11H2,1-2H3. The first-order chi connectivity index (χ1) is 9.97. The summed E-state index contributed by atoms with van der Waals surface area (Å²) in [5.74, 6) is -1.53. The second-order valence-corrected chi connectivity index (χ2v) is 5.50. The minimum absolute atomic E-state index is 0.0878. The summed E-state index contributed by atoms with van der Waals surface area (Å²) in [6, 6.07) is 11.7. The van der Waals surface area contributed by atoms with Crippen LogP contribution in [-0.2, 0) is 17.6 Å². The second kappa shape index (κ2) is 6.61. The maximum atomic E-state index is 13.5. The number of rotatable bonds is 5. The first-order valence-corrected chi connectivity index (χ1v) is 7.01. The van der Waals surface area contributed by atoms with E-state index in [2.05, 4.69) is 13.8 Å². The lowest BCUT2D eigenvalue weighted by atomic mass is 9.98. The van der Waals surface area contributed by atoms with Crippen LogP contribution < -0.4 is 0 Å². The highest BCUT2D eigenvalue weighted by Gasteiger charge is 2.12. The zero-order chi connectivity index (χ0) is 15.4. The Morgan fingerprint density at radius 1 is 1.00 bits per heavy atom. The summed E-state index contributed by atoms with van der Waals surface area (Å²) in [5.41, 5.74) is 2.21. The minimum atomic E-state index is -0.930. The van der Waals surface area contributed by atoms with Gasteiger partial charge >= 0.3 is 0 Å². The third kappa shape index (κ3) is 3.97. The van der Waals surface area contributed by atoms with E-state index in [9.17, 15) is 13.6 Å². The largest absolute Gasteiger partial charge is 0.299 e. The molecule has 0 saturated carbocycles. The molecular formula is C18H18F2O. The zero-order valence-electron chi connectivity index (χ0n) is 12.2. The summed E-state index contributed by atoms with van der Waals surface area (Å²) in [7, 11) is 0. The predicted molar refractivity (Wildman–Crippen MR) is 79.3 cm³/mol. The number of benzene rings is 2. The summed E-state index contributed by atoms with van der Waals surface area (Å²) >= 11 is 0. The second-order valence-electron chi connectivity index (χ2n) is 5.50. The number of ketones is 1. The van der Waals surface area contributed by atoms with E-state index in [1.165, 1.54) is 17.7 Å². The molecule has 0 heterocycles. The molecule has 0 spiro atoms. The Morgan fingerprint density at radius 2 is 1.67 bits per heavy atom. The summed E-state index contributed by atoms with van der Waals surface area (Å²) in [6.07, 6.45) is 0.143. The Hall–Kier alpha value is -2.03. The number of hydrogen-bond acceptors (Lipinski definition) is 1. The third-order valence-electron chi connectivity index (χ3n) is 3.47. The average Bonchev–Trinajstić information content (AvgIpc) is 2.44. The highest BCUT2D eigenvalue weighted by atomic mass is 19.2. The number of Topliss-reactive ketones (excluding diaryl/α,β-unsaturated/α-hetero) is 1. The quantitative estimate of drug-likeness (QED) is 0.794. The highest BCUT2D eigenvalue weighted by Crippen LogP contribution is 2.16. The fourth-order valence-corrected chi connectivity index (χ4v) is 2.21. The van der Waals surface area contributed by atoms with Crippen molar-refractivity contribution in [2.45, 2.75) is 32.6 Å². The normalized spacial score (nSPS) is 10.9. The first-order valence-electron chi connectivity index (χ1n) is 7.01. The topological polar surface area (TPSA) is 17.1 Å². The Morgan fingerprint density at radius 3 is 2.29 bits per heavy atom. The van der Waals surface area contributed by atoms with Gasteiger partial charge in [0.25, 0.3) is 0 Å². The molecule has 0 aromatic heterocycles. The summed E-state index contributed by atoms with van der Waals surface area (Å²) in [6.45, 7) is 4.21. The van der Waals surface area contributed by atoms with Gasteiger partial charge in [-0.3, -0.25) is 4.79 Å². The van der Waals surface area contributed by atoms with Crippen molar-refractivity contribution in [2.75, 3.05) is 0 Å². The average molecular weight is 288 g/mol. The van der Waals surface area contributed by atoms with Crippen LogP contribution in [0.4, 0.5) is 8.78 Å². The van der Waals surface area contributed by atoms with Crippen LogP contribution in [0.3, 0.4) is 0 Å². The molecule has 0 saturated heterocycles. The number of hydrogen-bond donors (Lipinski definition) is 0. The molecule has 0 aliphatic carbocycles. The van der Waals surface area contributed by atoms with E-state index in [1.54, 1.807) is 0 Å². The van der Waals surface area contributed by atoms with Crippen molar-refractivity contribution in [1.29, 1.82) is 0 Å². The number of carbonyl (C=O) groups is 1. The van der Waals surface area contributed by atoms with Gasteiger partial charge in [0, 0.05) is 12.8 Å². The van der Waals surface area contributed by atoms with Crippen LogP contribution >= 0.6 is 0 Å². The van der Waals surface area contributed by atoms with Crippen molar-refractivity contribution in [3.63, 3.8) is 0 Å². The van der Waals surface area contributed by atoms with Crippen molar-refractivity contribution in [3.05, 3.63) is 70.8 Å². The summed E-state index contributed by atoms with van der Waals surface area (Å²) in [4.78, 5) is 12.0. The van der Waals surface area contributed by atoms with Crippen LogP contribution in [0.1, 0.15) is 36.5 Å². The maximum absolute atomic E-state index is 13.5. The molecule has 110 valence electrons.